The molecular formula is C17H20N4O3. The molecule has 1 heterocycles. The zero-order valence-corrected chi connectivity index (χ0v) is 13.9. The molecule has 126 valence electrons. The number of hydrogen-bond acceptors (Lipinski definition) is 6. The van der Waals surface area contributed by atoms with Crippen molar-refractivity contribution >= 4 is 23.4 Å². The molecule has 0 saturated heterocycles. The largest absolute Gasteiger partial charge is 0.451 e. The van der Waals surface area contributed by atoms with Crippen LogP contribution in [0.25, 0.3) is 0 Å². The Kier molecular flexibility index (Phi) is 5.13. The second kappa shape index (κ2) is 7.08. The molecule has 7 nitrogen and oxygen atoms in total. The van der Waals surface area contributed by atoms with Crippen LogP contribution in [-0.4, -0.2) is 28.5 Å². The zero-order chi connectivity index (χ0) is 17.7. The highest BCUT2D eigenvalue weighted by atomic mass is 16.5. The third-order valence-electron chi connectivity index (χ3n) is 3.29. The van der Waals surface area contributed by atoms with E-state index in [1.165, 1.54) is 12.4 Å². The van der Waals surface area contributed by atoms with E-state index in [1.54, 1.807) is 12.1 Å². The van der Waals surface area contributed by atoms with Crippen LogP contribution in [0.5, 0.6) is 0 Å². The van der Waals surface area contributed by atoms with Crippen LogP contribution in [0.4, 0.5) is 11.5 Å². The molecule has 1 amide bonds. The minimum atomic E-state index is -0.793. The first kappa shape index (κ1) is 17.4. The van der Waals surface area contributed by atoms with Crippen LogP contribution in [0, 0.1) is 0 Å². The maximum atomic E-state index is 11.9. The molecule has 24 heavy (non-hydrogen) atoms. The van der Waals surface area contributed by atoms with Gasteiger partial charge in [0, 0.05) is 18.1 Å². The highest BCUT2D eigenvalue weighted by molar-refractivity contribution is 5.96. The number of nitrogens with two attached hydrogens (primary N) is 1. The van der Waals surface area contributed by atoms with Gasteiger partial charge in [0.15, 0.2) is 18.1 Å². The highest BCUT2D eigenvalue weighted by Gasteiger charge is 2.16. The first-order valence-electron chi connectivity index (χ1n) is 7.41. The van der Waals surface area contributed by atoms with Crippen LogP contribution in [-0.2, 0) is 14.9 Å². The lowest BCUT2D eigenvalue weighted by Gasteiger charge is -2.19. The summed E-state index contributed by atoms with van der Waals surface area (Å²) in [5, 5.41) is 2.66. The second-order valence-electron chi connectivity index (χ2n) is 6.24. The number of benzene rings is 1. The van der Waals surface area contributed by atoms with Gasteiger partial charge < -0.3 is 15.8 Å². The van der Waals surface area contributed by atoms with Crippen molar-refractivity contribution in [2.45, 2.75) is 26.2 Å². The summed E-state index contributed by atoms with van der Waals surface area (Å²) in [6.07, 6.45) is 2.68. The molecule has 0 bridgehead atoms. The van der Waals surface area contributed by atoms with Gasteiger partial charge in [-0.15, -0.1) is 0 Å². The van der Waals surface area contributed by atoms with E-state index < -0.39 is 18.5 Å². The van der Waals surface area contributed by atoms with Crippen molar-refractivity contribution in [3.63, 3.8) is 0 Å². The Bertz CT molecular complexity index is 736. The third-order valence-corrected chi connectivity index (χ3v) is 3.29. The van der Waals surface area contributed by atoms with Crippen molar-refractivity contribution in [2.75, 3.05) is 17.7 Å². The van der Waals surface area contributed by atoms with Crippen molar-refractivity contribution in [3.8, 4) is 0 Å². The summed E-state index contributed by atoms with van der Waals surface area (Å²) in [5.74, 6) is -1.28. The van der Waals surface area contributed by atoms with Crippen LogP contribution in [0.15, 0.2) is 36.7 Å². The van der Waals surface area contributed by atoms with Gasteiger partial charge in [0.2, 0.25) is 0 Å². The first-order valence-corrected chi connectivity index (χ1v) is 7.41. The number of nitrogen functional groups attached to an aromatic ring is 1. The Labute approximate surface area is 140 Å². The Balaban J connectivity index is 1.90. The van der Waals surface area contributed by atoms with Crippen molar-refractivity contribution in [1.29, 1.82) is 0 Å². The quantitative estimate of drug-likeness (QED) is 0.833. The number of esters is 1. The van der Waals surface area contributed by atoms with E-state index >= 15 is 0 Å². The molecule has 1 aromatic carbocycles. The lowest BCUT2D eigenvalue weighted by atomic mass is 9.87. The summed E-state index contributed by atoms with van der Waals surface area (Å²) >= 11 is 0. The average molecular weight is 328 g/mol. The molecule has 0 saturated carbocycles. The molecule has 0 atom stereocenters. The van der Waals surface area contributed by atoms with E-state index in [4.69, 9.17) is 10.5 Å². The number of carbonyl (C=O) groups is 2. The Morgan fingerprint density at radius 1 is 1.12 bits per heavy atom. The van der Waals surface area contributed by atoms with Gasteiger partial charge >= 0.3 is 5.97 Å². The number of aromatic nitrogens is 2. The predicted molar refractivity (Wildman–Crippen MR) is 90.5 cm³/mol. The van der Waals surface area contributed by atoms with Crippen molar-refractivity contribution in [2.24, 2.45) is 0 Å². The lowest BCUT2D eigenvalue weighted by Crippen LogP contribution is -2.22. The Hall–Kier alpha value is -2.96. The fourth-order valence-corrected chi connectivity index (χ4v) is 1.96. The van der Waals surface area contributed by atoms with Crippen molar-refractivity contribution in [3.05, 3.63) is 47.9 Å². The Morgan fingerprint density at radius 2 is 1.75 bits per heavy atom. The van der Waals surface area contributed by atoms with Crippen molar-refractivity contribution in [1.82, 2.24) is 9.97 Å². The van der Waals surface area contributed by atoms with Gasteiger partial charge in [0.25, 0.3) is 5.91 Å². The Morgan fingerprint density at radius 3 is 2.33 bits per heavy atom. The van der Waals surface area contributed by atoms with E-state index in [-0.39, 0.29) is 16.9 Å². The highest BCUT2D eigenvalue weighted by Crippen LogP contribution is 2.23. The lowest BCUT2D eigenvalue weighted by molar-refractivity contribution is -0.119. The third kappa shape index (κ3) is 4.52. The maximum absolute atomic E-state index is 11.9. The zero-order valence-electron chi connectivity index (χ0n) is 13.9. The molecule has 0 aliphatic heterocycles. The normalized spacial score (nSPS) is 11.0. The van der Waals surface area contributed by atoms with E-state index in [0.717, 1.165) is 5.56 Å². The van der Waals surface area contributed by atoms with Gasteiger partial charge in [-0.3, -0.25) is 4.79 Å². The van der Waals surface area contributed by atoms with E-state index in [9.17, 15) is 9.59 Å². The van der Waals surface area contributed by atoms with E-state index in [0.29, 0.717) is 5.69 Å². The predicted octanol–water partition coefficient (Wildman–Crippen LogP) is 2.15. The molecular weight excluding hydrogens is 308 g/mol. The molecule has 7 heteroatoms. The molecule has 3 N–H and O–H groups in total. The number of anilines is 2. The van der Waals surface area contributed by atoms with Crippen LogP contribution in [0.1, 0.15) is 36.8 Å². The number of nitrogens with zero attached hydrogens (tertiary/aromatic N) is 2. The molecule has 0 fully saturated rings. The van der Waals surface area contributed by atoms with Gasteiger partial charge in [-0.1, -0.05) is 32.9 Å². The standard InChI is InChI=1S/C17H20N4O3/c1-17(2,3)11-4-6-12(7-5-11)21-13(22)10-24-16(23)14-15(18)20-9-8-19-14/h4-9H,10H2,1-3H3,(H2,18,20)(H,21,22). The maximum Gasteiger partial charge on any atom is 0.361 e. The average Bonchev–Trinajstić information content (AvgIpc) is 2.53. The number of amides is 1. The summed E-state index contributed by atoms with van der Waals surface area (Å²) < 4.78 is 4.89. The smallest absolute Gasteiger partial charge is 0.361 e. The van der Waals surface area contributed by atoms with Gasteiger partial charge in [0.1, 0.15) is 0 Å². The molecule has 0 radical (unpaired) electrons. The minimum absolute atomic E-state index is 0.0364. The number of nitrogens with one attached hydrogen (secondary N) is 1. The van der Waals surface area contributed by atoms with Gasteiger partial charge in [-0.25, -0.2) is 14.8 Å². The second-order valence-corrected chi connectivity index (χ2v) is 6.24. The van der Waals surface area contributed by atoms with Gasteiger partial charge in [-0.05, 0) is 23.1 Å². The van der Waals surface area contributed by atoms with Crippen LogP contribution >= 0.6 is 0 Å². The summed E-state index contributed by atoms with van der Waals surface area (Å²) in [4.78, 5) is 31.2. The number of ether oxygens (including phenoxy) is 1. The van der Waals surface area contributed by atoms with Crippen LogP contribution in [0.3, 0.4) is 0 Å². The number of rotatable bonds is 4. The monoisotopic (exact) mass is 328 g/mol. The van der Waals surface area contributed by atoms with Crippen LogP contribution in [0.2, 0.25) is 0 Å². The molecule has 0 spiro atoms. The van der Waals surface area contributed by atoms with Crippen LogP contribution < -0.4 is 11.1 Å². The van der Waals surface area contributed by atoms with E-state index in [1.807, 2.05) is 12.1 Å². The fourth-order valence-electron chi connectivity index (χ4n) is 1.96. The number of carbonyl (C=O) groups excluding carboxylic acids is 2. The minimum Gasteiger partial charge on any atom is -0.451 e. The molecule has 0 aliphatic rings. The number of hydrogen-bond donors (Lipinski definition) is 2. The molecule has 1 aromatic heterocycles. The molecule has 0 unspecified atom stereocenters. The SMILES string of the molecule is CC(C)(C)c1ccc(NC(=O)COC(=O)c2nccnc2N)cc1. The van der Waals surface area contributed by atoms with Crippen molar-refractivity contribution < 1.29 is 14.3 Å². The topological polar surface area (TPSA) is 107 Å². The summed E-state index contributed by atoms with van der Waals surface area (Å²) in [6, 6.07) is 7.51. The summed E-state index contributed by atoms with van der Waals surface area (Å²) in [7, 11) is 0. The molecule has 2 rings (SSSR count). The first-order chi connectivity index (χ1) is 11.3. The summed E-state index contributed by atoms with van der Waals surface area (Å²) in [5.41, 5.74) is 7.24. The van der Waals surface area contributed by atoms with Gasteiger partial charge in [-0.2, -0.15) is 0 Å². The summed E-state index contributed by atoms with van der Waals surface area (Å²) in [6.45, 7) is 5.89. The fraction of sp³-hybridized carbons (Fsp3) is 0.294. The molecule has 2 aromatic rings. The van der Waals surface area contributed by atoms with E-state index in [2.05, 4.69) is 36.1 Å². The van der Waals surface area contributed by atoms with Gasteiger partial charge in [0.05, 0.1) is 0 Å². The molecule has 0 aliphatic carbocycles.